The van der Waals surface area contributed by atoms with Crippen LogP contribution in [0, 0.1) is 0 Å². The van der Waals surface area contributed by atoms with Gasteiger partial charge in [-0.05, 0) is 56.2 Å². The van der Waals surface area contributed by atoms with Crippen molar-refractivity contribution in [3.8, 4) is 5.75 Å². The van der Waals surface area contributed by atoms with Gasteiger partial charge in [0, 0.05) is 20.1 Å². The number of methoxy groups -OCH3 is 1. The van der Waals surface area contributed by atoms with Crippen LogP contribution in [0.25, 0.3) is 0 Å². The molecule has 4 heteroatoms. The fraction of sp³-hybridized carbons (Fsp3) is 0.526. The van der Waals surface area contributed by atoms with Gasteiger partial charge in [-0.3, -0.25) is 4.99 Å². The van der Waals surface area contributed by atoms with Gasteiger partial charge in [-0.25, -0.2) is 0 Å². The average Bonchev–Trinajstić information content (AvgIpc) is 2.61. The van der Waals surface area contributed by atoms with Crippen molar-refractivity contribution in [3.63, 3.8) is 0 Å². The zero-order valence-corrected chi connectivity index (χ0v) is 14.4. The maximum absolute atomic E-state index is 5.25. The number of allylic oxidation sites excluding steroid dienone is 1. The van der Waals surface area contributed by atoms with E-state index in [4.69, 9.17) is 4.74 Å². The molecule has 23 heavy (non-hydrogen) atoms. The maximum atomic E-state index is 5.25. The fourth-order valence-electron chi connectivity index (χ4n) is 2.85. The highest BCUT2D eigenvalue weighted by Gasteiger charge is 2.04. The molecular formula is C19H29N3O. The molecule has 0 heterocycles. The first-order valence-electron chi connectivity index (χ1n) is 8.57. The quantitative estimate of drug-likeness (QED) is 0.461. The third kappa shape index (κ3) is 6.35. The molecule has 126 valence electrons. The van der Waals surface area contributed by atoms with Gasteiger partial charge in [0.05, 0.1) is 7.11 Å². The Morgan fingerprint density at radius 3 is 2.70 bits per heavy atom. The highest BCUT2D eigenvalue weighted by atomic mass is 16.5. The van der Waals surface area contributed by atoms with Crippen molar-refractivity contribution in [2.45, 2.75) is 38.5 Å². The Balaban J connectivity index is 1.67. The summed E-state index contributed by atoms with van der Waals surface area (Å²) in [7, 11) is 3.52. The van der Waals surface area contributed by atoms with E-state index in [1.54, 1.807) is 12.7 Å². The third-order valence-electron chi connectivity index (χ3n) is 4.19. The number of ether oxygens (including phenoxy) is 1. The second-order valence-electron chi connectivity index (χ2n) is 5.89. The van der Waals surface area contributed by atoms with Gasteiger partial charge in [0.25, 0.3) is 0 Å². The van der Waals surface area contributed by atoms with Crippen molar-refractivity contribution >= 4 is 5.96 Å². The fourth-order valence-corrected chi connectivity index (χ4v) is 2.85. The predicted molar refractivity (Wildman–Crippen MR) is 97.2 cm³/mol. The van der Waals surface area contributed by atoms with Gasteiger partial charge in [0.15, 0.2) is 5.96 Å². The van der Waals surface area contributed by atoms with Crippen molar-refractivity contribution in [3.05, 3.63) is 41.5 Å². The lowest BCUT2D eigenvalue weighted by molar-refractivity contribution is 0.414. The van der Waals surface area contributed by atoms with Crippen LogP contribution >= 0.6 is 0 Å². The molecule has 0 radical (unpaired) electrons. The molecule has 0 bridgehead atoms. The highest BCUT2D eigenvalue weighted by Crippen LogP contribution is 2.19. The van der Waals surface area contributed by atoms with E-state index in [2.05, 4.69) is 33.8 Å². The van der Waals surface area contributed by atoms with Gasteiger partial charge in [0.1, 0.15) is 5.75 Å². The molecule has 1 aliphatic carbocycles. The van der Waals surface area contributed by atoms with E-state index in [1.807, 2.05) is 19.2 Å². The van der Waals surface area contributed by atoms with Crippen LogP contribution in [0.3, 0.4) is 0 Å². The van der Waals surface area contributed by atoms with Crippen LogP contribution in [-0.2, 0) is 6.42 Å². The molecule has 0 spiro atoms. The first-order valence-corrected chi connectivity index (χ1v) is 8.57. The molecule has 0 saturated heterocycles. The number of benzene rings is 1. The van der Waals surface area contributed by atoms with Crippen molar-refractivity contribution in [2.75, 3.05) is 27.2 Å². The van der Waals surface area contributed by atoms with Crippen LogP contribution in [0.4, 0.5) is 0 Å². The van der Waals surface area contributed by atoms with Crippen molar-refractivity contribution in [1.29, 1.82) is 0 Å². The molecular weight excluding hydrogens is 286 g/mol. The van der Waals surface area contributed by atoms with E-state index < -0.39 is 0 Å². The Morgan fingerprint density at radius 1 is 1.17 bits per heavy atom. The summed E-state index contributed by atoms with van der Waals surface area (Å²) in [5, 5.41) is 6.77. The Morgan fingerprint density at radius 2 is 2.00 bits per heavy atom. The predicted octanol–water partition coefficient (Wildman–Crippen LogP) is 3.29. The molecule has 0 fully saturated rings. The summed E-state index contributed by atoms with van der Waals surface area (Å²) < 4.78 is 5.25. The maximum Gasteiger partial charge on any atom is 0.190 e. The summed E-state index contributed by atoms with van der Waals surface area (Å²) in [5.41, 5.74) is 2.86. The third-order valence-corrected chi connectivity index (χ3v) is 4.19. The van der Waals surface area contributed by atoms with E-state index in [0.29, 0.717) is 0 Å². The van der Waals surface area contributed by atoms with Gasteiger partial charge in [0.2, 0.25) is 0 Å². The molecule has 2 N–H and O–H groups in total. The number of hydrogen-bond acceptors (Lipinski definition) is 2. The van der Waals surface area contributed by atoms with Gasteiger partial charge >= 0.3 is 0 Å². The zero-order chi connectivity index (χ0) is 16.3. The highest BCUT2D eigenvalue weighted by molar-refractivity contribution is 5.79. The summed E-state index contributed by atoms with van der Waals surface area (Å²) in [6.07, 6.45) is 9.69. The van der Waals surface area contributed by atoms with Crippen LogP contribution in [0.1, 0.15) is 37.7 Å². The van der Waals surface area contributed by atoms with Gasteiger partial charge in [-0.15, -0.1) is 0 Å². The Hall–Kier alpha value is -1.97. The first kappa shape index (κ1) is 17.4. The molecule has 1 aromatic rings. The van der Waals surface area contributed by atoms with Crippen LogP contribution in [0.15, 0.2) is 40.9 Å². The second kappa shape index (κ2) is 9.93. The molecule has 0 aromatic heterocycles. The Bertz CT molecular complexity index is 537. The van der Waals surface area contributed by atoms with E-state index >= 15 is 0 Å². The second-order valence-corrected chi connectivity index (χ2v) is 5.89. The topological polar surface area (TPSA) is 45.7 Å². The van der Waals surface area contributed by atoms with Crippen LogP contribution in [0.5, 0.6) is 5.75 Å². The lowest BCUT2D eigenvalue weighted by Gasteiger charge is -2.15. The average molecular weight is 315 g/mol. The zero-order valence-electron chi connectivity index (χ0n) is 14.4. The van der Waals surface area contributed by atoms with Crippen LogP contribution in [-0.4, -0.2) is 33.2 Å². The van der Waals surface area contributed by atoms with Gasteiger partial charge in [-0.1, -0.05) is 23.8 Å². The minimum Gasteiger partial charge on any atom is -0.497 e. The molecule has 0 saturated carbocycles. The number of hydrogen-bond donors (Lipinski definition) is 2. The molecule has 0 aliphatic heterocycles. The standard InChI is InChI=1S/C19H29N3O/c1-20-19(21-13-11-16-7-4-3-5-8-16)22-14-12-17-9-6-10-18(15-17)23-2/h6-7,9-10,15H,3-5,8,11-14H2,1-2H3,(H2,20,21,22). The van der Waals surface area contributed by atoms with Crippen molar-refractivity contribution in [2.24, 2.45) is 4.99 Å². The monoisotopic (exact) mass is 315 g/mol. The SMILES string of the molecule is CN=C(NCCC1=CCCCC1)NCCc1cccc(OC)c1. The van der Waals surface area contributed by atoms with E-state index in [9.17, 15) is 0 Å². The van der Waals surface area contributed by atoms with Crippen LogP contribution in [0.2, 0.25) is 0 Å². The van der Waals surface area contributed by atoms with Crippen molar-refractivity contribution in [1.82, 2.24) is 10.6 Å². The summed E-state index contributed by atoms with van der Waals surface area (Å²) in [4.78, 5) is 4.29. The van der Waals surface area contributed by atoms with Gasteiger partial charge < -0.3 is 15.4 Å². The summed E-state index contributed by atoms with van der Waals surface area (Å²) in [6.45, 7) is 1.81. The molecule has 0 atom stereocenters. The smallest absolute Gasteiger partial charge is 0.190 e. The number of rotatable bonds is 7. The molecule has 4 nitrogen and oxygen atoms in total. The first-order chi connectivity index (χ1) is 11.3. The van der Waals surface area contributed by atoms with Crippen molar-refractivity contribution < 1.29 is 4.74 Å². The van der Waals surface area contributed by atoms with E-state index in [-0.39, 0.29) is 0 Å². The molecule has 0 unspecified atom stereocenters. The largest absolute Gasteiger partial charge is 0.497 e. The summed E-state index contributed by atoms with van der Waals surface area (Å²) in [6, 6.07) is 8.19. The minimum atomic E-state index is 0.857. The summed E-state index contributed by atoms with van der Waals surface area (Å²) in [5.74, 6) is 1.79. The minimum absolute atomic E-state index is 0.857. The molecule has 0 amide bonds. The molecule has 1 aromatic carbocycles. The lowest BCUT2D eigenvalue weighted by Crippen LogP contribution is -2.38. The van der Waals surface area contributed by atoms with E-state index in [1.165, 1.54) is 31.2 Å². The summed E-state index contributed by atoms with van der Waals surface area (Å²) >= 11 is 0. The van der Waals surface area contributed by atoms with Gasteiger partial charge in [-0.2, -0.15) is 0 Å². The number of nitrogens with one attached hydrogen (secondary N) is 2. The molecule has 1 aliphatic rings. The number of nitrogens with zero attached hydrogens (tertiary/aromatic N) is 1. The Kier molecular flexibility index (Phi) is 7.50. The number of aliphatic imine (C=N–C) groups is 1. The normalized spacial score (nSPS) is 15.0. The van der Waals surface area contributed by atoms with E-state index in [0.717, 1.165) is 37.6 Å². The Labute approximate surface area is 140 Å². The number of guanidine groups is 1. The molecule has 2 rings (SSSR count). The lowest BCUT2D eigenvalue weighted by atomic mass is 9.97. The van der Waals surface area contributed by atoms with Crippen LogP contribution < -0.4 is 15.4 Å².